The number of hydrogen-bond donors (Lipinski definition) is 1. The number of carbonyl (C=O) groups is 1. The molecular formula is C9H8BrF2NO3. The summed E-state index contributed by atoms with van der Waals surface area (Å²) in [5, 5.41) is 0. The third-order valence-corrected chi connectivity index (χ3v) is 2.54. The van der Waals surface area contributed by atoms with Gasteiger partial charge in [0.05, 0.1) is 16.6 Å². The van der Waals surface area contributed by atoms with Crippen LogP contribution in [-0.2, 0) is 4.74 Å². The molecule has 4 nitrogen and oxygen atoms in total. The van der Waals surface area contributed by atoms with Crippen molar-refractivity contribution in [2.45, 2.75) is 13.3 Å². The van der Waals surface area contributed by atoms with E-state index in [0.717, 1.165) is 6.20 Å². The molecule has 0 aliphatic heterocycles. The molecule has 0 spiro atoms. The van der Waals surface area contributed by atoms with E-state index in [4.69, 9.17) is 0 Å². The van der Waals surface area contributed by atoms with Crippen LogP contribution in [0.2, 0.25) is 0 Å². The minimum absolute atomic E-state index is 0.0424. The average Bonchev–Trinajstić information content (AvgIpc) is 2.21. The quantitative estimate of drug-likeness (QED) is 0.870. The number of aromatic amines is 1. The van der Waals surface area contributed by atoms with E-state index >= 15 is 0 Å². The molecule has 0 radical (unpaired) electrons. The van der Waals surface area contributed by atoms with Crippen molar-refractivity contribution in [3.05, 3.63) is 32.2 Å². The predicted molar refractivity (Wildman–Crippen MR) is 55.7 cm³/mol. The Labute approximate surface area is 97.7 Å². The molecule has 88 valence electrons. The van der Waals surface area contributed by atoms with Gasteiger partial charge in [-0.3, -0.25) is 4.79 Å². The molecule has 1 N–H and O–H groups in total. The zero-order valence-electron chi connectivity index (χ0n) is 8.22. The van der Waals surface area contributed by atoms with Crippen LogP contribution in [0, 0.1) is 0 Å². The van der Waals surface area contributed by atoms with Crippen molar-refractivity contribution in [3.63, 3.8) is 0 Å². The van der Waals surface area contributed by atoms with Crippen molar-refractivity contribution in [2.24, 2.45) is 0 Å². The zero-order valence-corrected chi connectivity index (χ0v) is 9.81. The number of ether oxygens (including phenoxy) is 1. The first kappa shape index (κ1) is 12.8. The number of esters is 1. The Balaban J connectivity index is 3.37. The van der Waals surface area contributed by atoms with Gasteiger partial charge in [0.2, 0.25) is 0 Å². The van der Waals surface area contributed by atoms with E-state index in [-0.39, 0.29) is 11.1 Å². The lowest BCUT2D eigenvalue weighted by molar-refractivity contribution is 0.0513. The van der Waals surface area contributed by atoms with Crippen molar-refractivity contribution >= 4 is 21.9 Å². The summed E-state index contributed by atoms with van der Waals surface area (Å²) in [5.41, 5.74) is -1.65. The number of carbonyl (C=O) groups excluding carboxylic acids is 1. The molecule has 7 heteroatoms. The van der Waals surface area contributed by atoms with Gasteiger partial charge in [0.25, 0.3) is 12.0 Å². The number of halogens is 3. The molecule has 0 bridgehead atoms. The molecule has 1 heterocycles. The molecule has 0 saturated carbocycles. The number of rotatable bonds is 3. The van der Waals surface area contributed by atoms with Crippen LogP contribution in [0.3, 0.4) is 0 Å². The summed E-state index contributed by atoms with van der Waals surface area (Å²) in [6.07, 6.45) is -2.06. The Morgan fingerprint density at radius 2 is 2.25 bits per heavy atom. The van der Waals surface area contributed by atoms with Crippen LogP contribution in [0.25, 0.3) is 0 Å². The van der Waals surface area contributed by atoms with Gasteiger partial charge in [0, 0.05) is 11.8 Å². The molecule has 1 rings (SSSR count). The van der Waals surface area contributed by atoms with E-state index in [9.17, 15) is 18.4 Å². The fourth-order valence-corrected chi connectivity index (χ4v) is 1.61. The highest BCUT2D eigenvalue weighted by atomic mass is 79.9. The summed E-state index contributed by atoms with van der Waals surface area (Å²) in [6.45, 7) is 1.59. The highest BCUT2D eigenvalue weighted by Crippen LogP contribution is 2.26. The first-order chi connectivity index (χ1) is 7.49. The zero-order chi connectivity index (χ0) is 12.3. The summed E-state index contributed by atoms with van der Waals surface area (Å²) in [7, 11) is 0. The topological polar surface area (TPSA) is 59.2 Å². The lowest BCUT2D eigenvalue weighted by Crippen LogP contribution is -2.17. The van der Waals surface area contributed by atoms with E-state index in [1.807, 2.05) is 0 Å². The van der Waals surface area contributed by atoms with Gasteiger partial charge in [-0.25, -0.2) is 13.6 Å². The summed E-state index contributed by atoms with van der Waals surface area (Å²) >= 11 is 2.79. The van der Waals surface area contributed by atoms with E-state index in [1.165, 1.54) is 0 Å². The maximum atomic E-state index is 12.6. The number of aromatic nitrogens is 1. The van der Waals surface area contributed by atoms with Crippen LogP contribution < -0.4 is 5.56 Å². The smallest absolute Gasteiger partial charge is 0.340 e. The van der Waals surface area contributed by atoms with Gasteiger partial charge in [-0.05, 0) is 22.9 Å². The Bertz CT molecular complexity index is 459. The van der Waals surface area contributed by atoms with Gasteiger partial charge >= 0.3 is 5.97 Å². The molecule has 1 aromatic rings. The molecule has 0 atom stereocenters. The Kier molecular flexibility index (Phi) is 4.17. The molecule has 0 saturated heterocycles. The fraction of sp³-hybridized carbons (Fsp3) is 0.333. The van der Waals surface area contributed by atoms with Gasteiger partial charge in [-0.1, -0.05) is 0 Å². The third-order valence-electron chi connectivity index (χ3n) is 1.78. The second kappa shape index (κ2) is 5.20. The minimum Gasteiger partial charge on any atom is -0.462 e. The van der Waals surface area contributed by atoms with Gasteiger partial charge in [0.1, 0.15) is 0 Å². The molecule has 0 aliphatic carbocycles. The molecule has 0 aromatic carbocycles. The van der Waals surface area contributed by atoms with Crippen LogP contribution in [-0.4, -0.2) is 17.6 Å². The first-order valence-corrected chi connectivity index (χ1v) is 5.14. The van der Waals surface area contributed by atoms with Crippen molar-refractivity contribution in [2.75, 3.05) is 6.61 Å². The summed E-state index contributed by atoms with van der Waals surface area (Å²) in [4.78, 5) is 24.7. The molecule has 0 amide bonds. The van der Waals surface area contributed by atoms with Crippen molar-refractivity contribution in [3.8, 4) is 0 Å². The van der Waals surface area contributed by atoms with Crippen LogP contribution >= 0.6 is 15.9 Å². The fourth-order valence-electron chi connectivity index (χ4n) is 1.10. The van der Waals surface area contributed by atoms with E-state index in [1.54, 1.807) is 6.92 Å². The predicted octanol–water partition coefficient (Wildman–Crippen LogP) is 2.25. The molecule has 16 heavy (non-hydrogen) atoms. The van der Waals surface area contributed by atoms with E-state index in [0.29, 0.717) is 0 Å². The highest BCUT2D eigenvalue weighted by Gasteiger charge is 2.24. The van der Waals surface area contributed by atoms with Crippen molar-refractivity contribution < 1.29 is 18.3 Å². The normalized spacial score (nSPS) is 10.6. The van der Waals surface area contributed by atoms with Gasteiger partial charge in [-0.15, -0.1) is 0 Å². The summed E-state index contributed by atoms with van der Waals surface area (Å²) in [5.74, 6) is -0.948. The van der Waals surface area contributed by atoms with Crippen LogP contribution in [0.15, 0.2) is 15.5 Å². The molecule has 0 unspecified atom stereocenters. The van der Waals surface area contributed by atoms with Crippen LogP contribution in [0.1, 0.15) is 29.3 Å². The maximum Gasteiger partial charge on any atom is 0.340 e. The van der Waals surface area contributed by atoms with Gasteiger partial charge in [-0.2, -0.15) is 0 Å². The molecule has 0 fully saturated rings. The van der Waals surface area contributed by atoms with Crippen molar-refractivity contribution in [1.29, 1.82) is 0 Å². The van der Waals surface area contributed by atoms with E-state index < -0.39 is 29.1 Å². The SMILES string of the molecule is CCOC(=O)c1c(C(F)F)c[nH]c(=O)c1Br. The van der Waals surface area contributed by atoms with Gasteiger partial charge < -0.3 is 9.72 Å². The third kappa shape index (κ3) is 2.46. The first-order valence-electron chi connectivity index (χ1n) is 4.35. The highest BCUT2D eigenvalue weighted by molar-refractivity contribution is 9.10. The van der Waals surface area contributed by atoms with Crippen LogP contribution in [0.4, 0.5) is 8.78 Å². The molecule has 1 aromatic heterocycles. The second-order valence-corrected chi connectivity index (χ2v) is 3.58. The lowest BCUT2D eigenvalue weighted by atomic mass is 10.1. The second-order valence-electron chi connectivity index (χ2n) is 2.78. The average molecular weight is 296 g/mol. The Morgan fingerprint density at radius 1 is 1.62 bits per heavy atom. The maximum absolute atomic E-state index is 12.6. The van der Waals surface area contributed by atoms with Crippen molar-refractivity contribution in [1.82, 2.24) is 4.98 Å². The Morgan fingerprint density at radius 3 is 2.75 bits per heavy atom. The summed E-state index contributed by atoms with van der Waals surface area (Å²) in [6, 6.07) is 0. The standard InChI is InChI=1S/C9H8BrF2NO3/c1-2-16-9(15)5-4(7(11)12)3-13-8(14)6(5)10/h3,7H,2H2,1H3,(H,13,14). The summed E-state index contributed by atoms with van der Waals surface area (Å²) < 4.78 is 29.5. The minimum atomic E-state index is -2.87. The van der Waals surface area contributed by atoms with Gasteiger partial charge in [0.15, 0.2) is 0 Å². The largest absolute Gasteiger partial charge is 0.462 e. The molecule has 0 aliphatic rings. The number of nitrogens with one attached hydrogen (secondary N) is 1. The monoisotopic (exact) mass is 295 g/mol. The number of H-pyrrole nitrogens is 1. The van der Waals surface area contributed by atoms with Crippen LogP contribution in [0.5, 0.6) is 0 Å². The lowest BCUT2D eigenvalue weighted by Gasteiger charge is -2.08. The van der Waals surface area contributed by atoms with E-state index in [2.05, 4.69) is 25.7 Å². The number of alkyl halides is 2. The number of hydrogen-bond acceptors (Lipinski definition) is 3. The Hall–Kier alpha value is -1.24. The number of pyridine rings is 1. The molecular weight excluding hydrogens is 288 g/mol.